The summed E-state index contributed by atoms with van der Waals surface area (Å²) in [7, 11) is 1.47. The Hall–Kier alpha value is -5.52. The molecular formula is C29H24N6O6. The molecule has 2 aliphatic rings. The van der Waals surface area contributed by atoms with E-state index in [0.717, 1.165) is 9.13 Å². The topological polar surface area (TPSA) is 127 Å². The molecular weight excluding hydrogens is 528 g/mol. The van der Waals surface area contributed by atoms with Gasteiger partial charge >= 0.3 is 22.8 Å². The highest BCUT2D eigenvalue weighted by Crippen LogP contribution is 2.42. The zero-order valence-electron chi connectivity index (χ0n) is 21.8. The smallest absolute Gasteiger partial charge is 0.352 e. The van der Waals surface area contributed by atoms with Crippen LogP contribution in [-0.4, -0.2) is 40.1 Å². The number of aromatic nitrogens is 6. The van der Waals surface area contributed by atoms with Gasteiger partial charge in [-0.05, 0) is 42.0 Å². The molecule has 2 aliphatic heterocycles. The fourth-order valence-corrected chi connectivity index (χ4v) is 5.91. The lowest BCUT2D eigenvalue weighted by atomic mass is 9.89. The predicted molar refractivity (Wildman–Crippen MR) is 148 cm³/mol. The number of hydrogen-bond donors (Lipinski definition) is 1. The third-order valence-corrected chi connectivity index (χ3v) is 7.77. The maximum Gasteiger partial charge on any atom is 0.352 e. The normalized spacial score (nSPS) is 17.3. The van der Waals surface area contributed by atoms with Crippen LogP contribution in [0.2, 0.25) is 0 Å². The maximum absolute atomic E-state index is 13.9. The number of aromatic hydroxyl groups is 1. The molecule has 0 bridgehead atoms. The highest BCUT2D eigenvalue weighted by Gasteiger charge is 2.42. The van der Waals surface area contributed by atoms with Gasteiger partial charge in [0.15, 0.2) is 0 Å². The summed E-state index contributed by atoms with van der Waals surface area (Å²) in [6.45, 7) is -0.0170. The highest BCUT2D eigenvalue weighted by atomic mass is 16.5. The second kappa shape index (κ2) is 9.01. The van der Waals surface area contributed by atoms with Gasteiger partial charge in [0.05, 0.1) is 37.6 Å². The second-order valence-electron chi connectivity index (χ2n) is 9.87. The Balaban J connectivity index is 1.50. The van der Waals surface area contributed by atoms with Crippen LogP contribution in [0.4, 0.5) is 0 Å². The first-order chi connectivity index (χ1) is 19.9. The van der Waals surface area contributed by atoms with E-state index in [1.807, 2.05) is 0 Å². The van der Waals surface area contributed by atoms with Gasteiger partial charge in [0.25, 0.3) is 0 Å². The number of nitrogens with zero attached hydrogens (tertiary/aromatic N) is 6. The average molecular weight is 553 g/mol. The number of fused-ring (bicyclic) bond motifs is 4. The summed E-state index contributed by atoms with van der Waals surface area (Å²) in [4.78, 5) is 55.0. The molecule has 0 fully saturated rings. The molecule has 41 heavy (non-hydrogen) atoms. The van der Waals surface area contributed by atoms with Crippen molar-refractivity contribution >= 4 is 0 Å². The molecule has 5 aromatic rings. The van der Waals surface area contributed by atoms with Crippen LogP contribution in [0.1, 0.15) is 17.6 Å². The first kappa shape index (κ1) is 24.5. The van der Waals surface area contributed by atoms with Crippen molar-refractivity contribution in [2.75, 3.05) is 7.11 Å². The Morgan fingerprint density at radius 1 is 0.732 bits per heavy atom. The first-order valence-corrected chi connectivity index (χ1v) is 13.0. The zero-order valence-corrected chi connectivity index (χ0v) is 21.8. The molecule has 0 amide bonds. The fourth-order valence-electron chi connectivity index (χ4n) is 5.91. The van der Waals surface area contributed by atoms with Gasteiger partial charge in [-0.3, -0.25) is 0 Å². The highest BCUT2D eigenvalue weighted by molar-refractivity contribution is 5.46. The number of allylic oxidation sites excluding steroid dienone is 2. The Labute approximate surface area is 231 Å². The average Bonchev–Trinajstić information content (AvgIpc) is 3.40. The van der Waals surface area contributed by atoms with Crippen LogP contribution in [0.5, 0.6) is 11.5 Å². The summed E-state index contributed by atoms with van der Waals surface area (Å²) in [5.41, 5.74) is -0.539. The van der Waals surface area contributed by atoms with Gasteiger partial charge in [0.1, 0.15) is 17.5 Å². The van der Waals surface area contributed by atoms with E-state index in [0.29, 0.717) is 28.3 Å². The Morgan fingerprint density at radius 2 is 1.32 bits per heavy atom. The van der Waals surface area contributed by atoms with E-state index in [-0.39, 0.29) is 18.8 Å². The summed E-state index contributed by atoms with van der Waals surface area (Å²) in [6.07, 6.45) is 1.79. The summed E-state index contributed by atoms with van der Waals surface area (Å²) in [5, 5.41) is 11.1. The molecule has 0 spiro atoms. The van der Waals surface area contributed by atoms with Gasteiger partial charge in [0, 0.05) is 11.6 Å². The molecule has 0 unspecified atom stereocenters. The van der Waals surface area contributed by atoms with Crippen LogP contribution in [0.25, 0.3) is 11.4 Å². The van der Waals surface area contributed by atoms with E-state index >= 15 is 0 Å². The van der Waals surface area contributed by atoms with Crippen molar-refractivity contribution in [1.29, 1.82) is 0 Å². The minimum absolute atomic E-state index is 0.0610. The molecule has 2 atom stereocenters. The van der Waals surface area contributed by atoms with Crippen molar-refractivity contribution in [1.82, 2.24) is 27.9 Å². The third-order valence-electron chi connectivity index (χ3n) is 7.77. The molecule has 1 N–H and O–H groups in total. The Bertz CT molecular complexity index is 2090. The summed E-state index contributed by atoms with van der Waals surface area (Å²) < 4.78 is 12.7. The summed E-state index contributed by atoms with van der Waals surface area (Å²) >= 11 is 0. The largest absolute Gasteiger partial charge is 0.507 e. The van der Waals surface area contributed by atoms with Crippen molar-refractivity contribution in [3.8, 4) is 22.9 Å². The first-order valence-electron chi connectivity index (χ1n) is 13.0. The number of phenolic OH excluding ortho intramolecular Hbond substituents is 1. The lowest BCUT2D eigenvalue weighted by Crippen LogP contribution is -2.46. The van der Waals surface area contributed by atoms with Gasteiger partial charge in [-0.2, -0.15) is 0 Å². The second-order valence-corrected chi connectivity index (χ2v) is 9.87. The van der Waals surface area contributed by atoms with E-state index in [4.69, 9.17) is 4.74 Å². The van der Waals surface area contributed by atoms with E-state index < -0.39 is 34.8 Å². The molecule has 12 nitrogen and oxygen atoms in total. The van der Waals surface area contributed by atoms with Crippen LogP contribution in [0.15, 0.2) is 110 Å². The van der Waals surface area contributed by atoms with Gasteiger partial charge in [0.2, 0.25) is 0 Å². The molecule has 0 aliphatic carbocycles. The minimum atomic E-state index is -0.944. The van der Waals surface area contributed by atoms with Gasteiger partial charge in [-0.25, -0.2) is 47.0 Å². The molecule has 0 saturated carbocycles. The molecule has 206 valence electrons. The molecule has 0 saturated heterocycles. The van der Waals surface area contributed by atoms with E-state index in [1.54, 1.807) is 78.9 Å². The summed E-state index contributed by atoms with van der Waals surface area (Å²) in [6, 6.07) is 20.1. The third kappa shape index (κ3) is 3.46. The van der Waals surface area contributed by atoms with E-state index in [1.165, 1.54) is 31.9 Å². The molecule has 2 aromatic heterocycles. The monoisotopic (exact) mass is 552 g/mol. The molecule has 0 radical (unpaired) electrons. The number of rotatable bonds is 4. The number of phenols is 1. The van der Waals surface area contributed by atoms with Crippen molar-refractivity contribution in [3.05, 3.63) is 138 Å². The van der Waals surface area contributed by atoms with Gasteiger partial charge in [-0.1, -0.05) is 42.5 Å². The maximum atomic E-state index is 13.9. The summed E-state index contributed by atoms with van der Waals surface area (Å²) in [5.74, 6) is 0.263. The van der Waals surface area contributed by atoms with Crippen LogP contribution >= 0.6 is 0 Å². The SMILES string of the molecule is COc1ccc([C@H]2C3=CCn4c(=O)n(-c5ccccc5)c(=O)n4[C@@H]3Cn3c(=O)n(-c4ccccc4)c(=O)n32)c(O)c1. The lowest BCUT2D eigenvalue weighted by molar-refractivity contribution is 0.244. The fraction of sp³-hybridized carbons (Fsp3) is 0.172. The number of hydrogen-bond acceptors (Lipinski definition) is 6. The van der Waals surface area contributed by atoms with Crippen molar-refractivity contribution in [3.63, 3.8) is 0 Å². The van der Waals surface area contributed by atoms with Crippen LogP contribution in [-0.2, 0) is 13.1 Å². The van der Waals surface area contributed by atoms with Crippen molar-refractivity contribution in [2.45, 2.75) is 25.2 Å². The molecule has 12 heteroatoms. The zero-order chi connectivity index (χ0) is 28.4. The van der Waals surface area contributed by atoms with E-state index in [2.05, 4.69) is 0 Å². The molecule has 7 rings (SSSR count). The van der Waals surface area contributed by atoms with Crippen LogP contribution in [0.3, 0.4) is 0 Å². The standard InChI is InChI=1S/C29H24N6O6/c1-41-20-12-13-22(24(36)16-20)25-21-14-15-30-26(37)32(18-8-4-2-5-9-18)28(39)34(30)23(21)17-31-27(38)33(29(40)35(25)31)19-10-6-3-7-11-19/h2-14,16,23,25,36H,15,17H2,1H3/t23-,25-/m1/s1. The minimum Gasteiger partial charge on any atom is -0.507 e. The number of methoxy groups -OCH3 is 1. The Kier molecular flexibility index (Phi) is 5.39. The van der Waals surface area contributed by atoms with Crippen LogP contribution in [0, 0.1) is 0 Å². The number of benzene rings is 3. The van der Waals surface area contributed by atoms with Crippen molar-refractivity contribution in [2.24, 2.45) is 0 Å². The number of ether oxygens (including phenoxy) is 1. The van der Waals surface area contributed by atoms with Crippen molar-refractivity contribution < 1.29 is 9.84 Å². The Morgan fingerprint density at radius 3 is 1.90 bits per heavy atom. The number of para-hydroxylation sites is 2. The predicted octanol–water partition coefficient (Wildman–Crippen LogP) is 1.41. The van der Waals surface area contributed by atoms with Crippen LogP contribution < -0.4 is 27.5 Å². The van der Waals surface area contributed by atoms with Gasteiger partial charge < -0.3 is 9.84 Å². The molecule has 3 aromatic carbocycles. The van der Waals surface area contributed by atoms with E-state index in [9.17, 15) is 24.3 Å². The quantitative estimate of drug-likeness (QED) is 0.336. The lowest BCUT2D eigenvalue weighted by Gasteiger charge is -2.37. The molecule has 4 heterocycles. The van der Waals surface area contributed by atoms with Gasteiger partial charge in [-0.15, -0.1) is 0 Å².